The molecule has 0 amide bonds. The van der Waals surface area contributed by atoms with Crippen molar-refractivity contribution in [1.82, 2.24) is 0 Å². The number of hydrogen-bond acceptors (Lipinski definition) is 5. The van der Waals surface area contributed by atoms with E-state index in [1.165, 1.54) is 0 Å². The van der Waals surface area contributed by atoms with Gasteiger partial charge in [-0.05, 0) is 20.3 Å². The van der Waals surface area contributed by atoms with Crippen molar-refractivity contribution in [2.45, 2.75) is 26.3 Å². The molecule has 0 unspecified atom stereocenters. The fourth-order valence-corrected chi connectivity index (χ4v) is 2.74. The number of rotatable bonds is 8. The summed E-state index contributed by atoms with van der Waals surface area (Å²) in [6, 6.07) is -0.357. The molecule has 0 aromatic heterocycles. The Hall–Kier alpha value is 0.0700. The maximum atomic E-state index is 11.9. The third kappa shape index (κ3) is 5.73. The summed E-state index contributed by atoms with van der Waals surface area (Å²) in [5.41, 5.74) is 5.49. The van der Waals surface area contributed by atoms with Crippen LogP contribution >= 0.6 is 7.60 Å². The SMILES string of the molecule is CCOP(=O)(CC[C@H](N)CO)OCC. The molecule has 1 atom stereocenters. The molecule has 0 heterocycles. The Bertz CT molecular complexity index is 178. The van der Waals surface area contributed by atoms with Crippen LogP contribution in [0.4, 0.5) is 0 Å². The van der Waals surface area contributed by atoms with E-state index in [0.29, 0.717) is 19.6 Å². The first-order valence-corrected chi connectivity index (χ1v) is 6.55. The van der Waals surface area contributed by atoms with E-state index in [2.05, 4.69) is 0 Å². The molecule has 0 aliphatic carbocycles. The molecule has 0 saturated carbocycles. The molecule has 3 N–H and O–H groups in total. The van der Waals surface area contributed by atoms with Crippen molar-refractivity contribution >= 4 is 7.60 Å². The molecule has 86 valence electrons. The maximum absolute atomic E-state index is 11.9. The van der Waals surface area contributed by atoms with Gasteiger partial charge in [-0.15, -0.1) is 0 Å². The minimum atomic E-state index is -2.98. The van der Waals surface area contributed by atoms with Crippen molar-refractivity contribution in [2.75, 3.05) is 26.0 Å². The average Bonchev–Trinajstić information content (AvgIpc) is 2.15. The Morgan fingerprint density at radius 1 is 1.36 bits per heavy atom. The van der Waals surface area contributed by atoms with Gasteiger partial charge in [-0.3, -0.25) is 4.57 Å². The van der Waals surface area contributed by atoms with Gasteiger partial charge in [0, 0.05) is 6.04 Å². The van der Waals surface area contributed by atoms with Crippen LogP contribution in [-0.2, 0) is 13.6 Å². The molecule has 0 aliphatic rings. The van der Waals surface area contributed by atoms with Gasteiger partial charge in [0.05, 0.1) is 26.0 Å². The van der Waals surface area contributed by atoms with Gasteiger partial charge < -0.3 is 19.9 Å². The van der Waals surface area contributed by atoms with Gasteiger partial charge in [0.2, 0.25) is 0 Å². The molecule has 0 aliphatic heterocycles. The van der Waals surface area contributed by atoms with Crippen molar-refractivity contribution in [3.8, 4) is 0 Å². The molecule has 6 heteroatoms. The van der Waals surface area contributed by atoms with Crippen LogP contribution in [0.5, 0.6) is 0 Å². The predicted octanol–water partition coefficient (Wildman–Crippen LogP) is 0.962. The first kappa shape index (κ1) is 14.1. The molecule has 0 saturated heterocycles. The molecule has 0 aromatic rings. The summed E-state index contributed by atoms with van der Waals surface area (Å²) in [5, 5.41) is 8.70. The van der Waals surface area contributed by atoms with E-state index >= 15 is 0 Å². The zero-order chi connectivity index (χ0) is 11.0. The van der Waals surface area contributed by atoms with Crippen molar-refractivity contribution < 1.29 is 18.7 Å². The summed E-state index contributed by atoms with van der Waals surface area (Å²) >= 11 is 0. The first-order valence-electron chi connectivity index (χ1n) is 4.82. The van der Waals surface area contributed by atoms with Crippen LogP contribution in [-0.4, -0.2) is 37.1 Å². The first-order chi connectivity index (χ1) is 6.58. The van der Waals surface area contributed by atoms with Crippen LogP contribution in [0.3, 0.4) is 0 Å². The molecule has 0 radical (unpaired) electrons. The maximum Gasteiger partial charge on any atom is 0.330 e. The van der Waals surface area contributed by atoms with E-state index in [4.69, 9.17) is 19.9 Å². The third-order valence-electron chi connectivity index (χ3n) is 1.66. The Labute approximate surface area is 85.1 Å². The Morgan fingerprint density at radius 3 is 2.21 bits per heavy atom. The van der Waals surface area contributed by atoms with Crippen LogP contribution < -0.4 is 5.73 Å². The zero-order valence-electron chi connectivity index (χ0n) is 8.81. The summed E-state index contributed by atoms with van der Waals surface area (Å²) in [6.45, 7) is 4.12. The summed E-state index contributed by atoms with van der Waals surface area (Å²) in [5.74, 6) is 0. The quantitative estimate of drug-likeness (QED) is 0.601. The van der Waals surface area contributed by atoms with Crippen LogP contribution in [0.2, 0.25) is 0 Å². The van der Waals surface area contributed by atoms with Crippen molar-refractivity contribution in [3.63, 3.8) is 0 Å². The van der Waals surface area contributed by atoms with Gasteiger partial charge in [-0.25, -0.2) is 0 Å². The van der Waals surface area contributed by atoms with Gasteiger partial charge in [-0.2, -0.15) is 0 Å². The van der Waals surface area contributed by atoms with Crippen LogP contribution in [0, 0.1) is 0 Å². The number of nitrogens with two attached hydrogens (primary N) is 1. The Balaban J connectivity index is 4.02. The number of hydrogen-bond donors (Lipinski definition) is 2. The highest BCUT2D eigenvalue weighted by Gasteiger charge is 2.23. The third-order valence-corrected chi connectivity index (χ3v) is 3.77. The molecule has 5 nitrogen and oxygen atoms in total. The lowest BCUT2D eigenvalue weighted by Crippen LogP contribution is -2.25. The molecular formula is C8H20NO4P. The Morgan fingerprint density at radius 2 is 1.86 bits per heavy atom. The Kier molecular flexibility index (Phi) is 7.41. The molecule has 0 bridgehead atoms. The van der Waals surface area contributed by atoms with E-state index in [-0.39, 0.29) is 18.8 Å². The topological polar surface area (TPSA) is 81.8 Å². The van der Waals surface area contributed by atoms with Gasteiger partial charge in [0.25, 0.3) is 0 Å². The van der Waals surface area contributed by atoms with Gasteiger partial charge in [0.15, 0.2) is 0 Å². The smallest absolute Gasteiger partial charge is 0.330 e. The van der Waals surface area contributed by atoms with Crippen LogP contribution in [0.1, 0.15) is 20.3 Å². The summed E-state index contributed by atoms with van der Waals surface area (Å²) in [7, 11) is -2.98. The lowest BCUT2D eigenvalue weighted by molar-refractivity contribution is 0.216. The molecule has 0 aromatic carbocycles. The standard InChI is InChI=1S/C8H20NO4P/c1-3-12-14(11,13-4-2)6-5-8(9)7-10/h8,10H,3-7,9H2,1-2H3/t8-/m0/s1. The van der Waals surface area contributed by atoms with Gasteiger partial charge in [0.1, 0.15) is 0 Å². The van der Waals surface area contributed by atoms with E-state index in [1.807, 2.05) is 0 Å². The summed E-state index contributed by atoms with van der Waals surface area (Å²) in [4.78, 5) is 0. The average molecular weight is 225 g/mol. The second-order valence-electron chi connectivity index (χ2n) is 2.90. The predicted molar refractivity (Wildman–Crippen MR) is 55.4 cm³/mol. The second kappa shape index (κ2) is 7.37. The fraction of sp³-hybridized carbons (Fsp3) is 1.00. The monoisotopic (exact) mass is 225 g/mol. The molecule has 0 spiro atoms. The summed E-state index contributed by atoms with van der Waals surface area (Å²) < 4.78 is 22.0. The zero-order valence-corrected chi connectivity index (χ0v) is 9.70. The highest BCUT2D eigenvalue weighted by Crippen LogP contribution is 2.48. The van der Waals surface area contributed by atoms with Crippen LogP contribution in [0.15, 0.2) is 0 Å². The van der Waals surface area contributed by atoms with Gasteiger partial charge in [-0.1, -0.05) is 0 Å². The van der Waals surface area contributed by atoms with Gasteiger partial charge >= 0.3 is 7.60 Å². The number of aliphatic hydroxyl groups is 1. The molecule has 0 rings (SSSR count). The lowest BCUT2D eigenvalue weighted by Gasteiger charge is -2.18. The van der Waals surface area contributed by atoms with Crippen molar-refractivity contribution in [2.24, 2.45) is 5.73 Å². The highest BCUT2D eigenvalue weighted by molar-refractivity contribution is 7.53. The van der Waals surface area contributed by atoms with E-state index < -0.39 is 7.60 Å². The highest BCUT2D eigenvalue weighted by atomic mass is 31.2. The molecule has 0 fully saturated rings. The fourth-order valence-electron chi connectivity index (χ4n) is 0.975. The second-order valence-corrected chi connectivity index (χ2v) is 5.09. The van der Waals surface area contributed by atoms with E-state index in [9.17, 15) is 4.57 Å². The largest absolute Gasteiger partial charge is 0.395 e. The van der Waals surface area contributed by atoms with Crippen molar-refractivity contribution in [3.05, 3.63) is 0 Å². The summed E-state index contributed by atoms with van der Waals surface area (Å²) in [6.07, 6.45) is 0.699. The van der Waals surface area contributed by atoms with Crippen molar-refractivity contribution in [1.29, 1.82) is 0 Å². The van der Waals surface area contributed by atoms with E-state index in [0.717, 1.165) is 0 Å². The minimum absolute atomic E-state index is 0.113. The van der Waals surface area contributed by atoms with E-state index in [1.54, 1.807) is 13.8 Å². The molecule has 14 heavy (non-hydrogen) atoms. The lowest BCUT2D eigenvalue weighted by atomic mass is 10.3. The number of aliphatic hydroxyl groups excluding tert-OH is 1. The molecular weight excluding hydrogens is 205 g/mol. The normalized spacial score (nSPS) is 14.3. The minimum Gasteiger partial charge on any atom is -0.395 e. The van der Waals surface area contributed by atoms with Crippen LogP contribution in [0.25, 0.3) is 0 Å².